The summed E-state index contributed by atoms with van der Waals surface area (Å²) in [6, 6.07) is 0. The van der Waals surface area contributed by atoms with E-state index >= 15 is 0 Å². The van der Waals surface area contributed by atoms with Crippen molar-refractivity contribution in [3.05, 3.63) is 0 Å². The molecule has 1 rings (SSSR count). The first-order valence-corrected chi connectivity index (χ1v) is 7.03. The number of aliphatic hydroxyl groups excluding tert-OH is 1. The third-order valence-electron chi connectivity index (χ3n) is 4.57. The topological polar surface area (TPSA) is 35.5 Å². The Kier molecular flexibility index (Phi) is 5.90. The number of rotatable bonds is 6. The minimum atomic E-state index is -0.102. The molecule has 1 aliphatic rings. The van der Waals surface area contributed by atoms with Crippen molar-refractivity contribution in [2.24, 2.45) is 11.8 Å². The van der Waals surface area contributed by atoms with Crippen LogP contribution in [0.5, 0.6) is 0 Å². The Morgan fingerprint density at radius 1 is 1.35 bits per heavy atom. The molecule has 0 amide bonds. The summed E-state index contributed by atoms with van der Waals surface area (Å²) in [7, 11) is 1.93. The number of hydrogen-bond donors (Lipinski definition) is 2. The summed E-state index contributed by atoms with van der Waals surface area (Å²) in [5.41, 5.74) is -0.102. The van der Waals surface area contributed by atoms with Gasteiger partial charge in [0.15, 0.2) is 0 Å². The monoisotopic (exact) mass is 242 g/mol. The van der Waals surface area contributed by atoms with E-state index in [1.165, 1.54) is 32.5 Å². The van der Waals surface area contributed by atoms with Gasteiger partial charge in [-0.25, -0.2) is 0 Å². The summed E-state index contributed by atoms with van der Waals surface area (Å²) in [6.45, 7) is 10.7. The zero-order valence-corrected chi connectivity index (χ0v) is 12.0. The predicted molar refractivity (Wildman–Crippen MR) is 73.2 cm³/mol. The molecule has 0 bridgehead atoms. The van der Waals surface area contributed by atoms with E-state index in [2.05, 4.69) is 31.0 Å². The normalized spacial score (nSPS) is 30.2. The van der Waals surface area contributed by atoms with Gasteiger partial charge in [-0.2, -0.15) is 0 Å². The summed E-state index contributed by atoms with van der Waals surface area (Å²) >= 11 is 0. The van der Waals surface area contributed by atoms with Crippen LogP contribution in [-0.2, 0) is 0 Å². The van der Waals surface area contributed by atoms with Gasteiger partial charge in [0, 0.05) is 12.1 Å². The van der Waals surface area contributed by atoms with Crippen molar-refractivity contribution in [3.63, 3.8) is 0 Å². The molecule has 1 saturated heterocycles. The van der Waals surface area contributed by atoms with Crippen molar-refractivity contribution in [1.29, 1.82) is 0 Å². The molecule has 2 N–H and O–H groups in total. The highest BCUT2D eigenvalue weighted by Gasteiger charge is 2.24. The lowest BCUT2D eigenvalue weighted by Gasteiger charge is -2.36. The summed E-state index contributed by atoms with van der Waals surface area (Å²) < 4.78 is 0. The van der Waals surface area contributed by atoms with Gasteiger partial charge >= 0.3 is 0 Å². The first-order chi connectivity index (χ1) is 8.00. The molecule has 0 spiro atoms. The molecule has 0 aromatic rings. The Morgan fingerprint density at radius 2 is 2.06 bits per heavy atom. The van der Waals surface area contributed by atoms with Crippen molar-refractivity contribution < 1.29 is 5.11 Å². The standard InChI is InChI=1S/C14H30N2O/c1-12-6-9-16(10-13(12)2)8-5-7-14(3,11-17)15-4/h12-13,15,17H,5-11H2,1-4H3. The average molecular weight is 242 g/mol. The lowest BCUT2D eigenvalue weighted by Crippen LogP contribution is -2.44. The zero-order valence-electron chi connectivity index (χ0n) is 12.0. The van der Waals surface area contributed by atoms with Crippen LogP contribution in [0.4, 0.5) is 0 Å². The molecular formula is C14H30N2O. The number of piperidine rings is 1. The Bertz CT molecular complexity index is 216. The van der Waals surface area contributed by atoms with Gasteiger partial charge in [-0.05, 0) is 58.2 Å². The minimum absolute atomic E-state index is 0.102. The van der Waals surface area contributed by atoms with E-state index in [0.29, 0.717) is 0 Å². The Morgan fingerprint density at radius 3 is 2.59 bits per heavy atom. The van der Waals surface area contributed by atoms with E-state index in [4.69, 9.17) is 0 Å². The van der Waals surface area contributed by atoms with Gasteiger partial charge in [0.1, 0.15) is 0 Å². The fraction of sp³-hybridized carbons (Fsp3) is 1.00. The van der Waals surface area contributed by atoms with Crippen LogP contribution in [0.2, 0.25) is 0 Å². The highest BCUT2D eigenvalue weighted by atomic mass is 16.3. The van der Waals surface area contributed by atoms with Crippen LogP contribution in [0.15, 0.2) is 0 Å². The highest BCUT2D eigenvalue weighted by Crippen LogP contribution is 2.23. The van der Waals surface area contributed by atoms with Crippen molar-refractivity contribution in [3.8, 4) is 0 Å². The highest BCUT2D eigenvalue weighted by molar-refractivity contribution is 4.81. The second kappa shape index (κ2) is 6.72. The molecule has 1 heterocycles. The van der Waals surface area contributed by atoms with Gasteiger partial charge in [0.25, 0.3) is 0 Å². The first kappa shape index (κ1) is 14.9. The molecule has 0 radical (unpaired) electrons. The van der Waals surface area contributed by atoms with Crippen molar-refractivity contribution in [2.75, 3.05) is 33.3 Å². The fourth-order valence-electron chi connectivity index (χ4n) is 2.53. The van der Waals surface area contributed by atoms with E-state index in [9.17, 15) is 5.11 Å². The van der Waals surface area contributed by atoms with Crippen LogP contribution >= 0.6 is 0 Å². The third kappa shape index (κ3) is 4.57. The maximum Gasteiger partial charge on any atom is 0.0610 e. The summed E-state index contributed by atoms with van der Waals surface area (Å²) in [6.07, 6.45) is 3.55. The summed E-state index contributed by atoms with van der Waals surface area (Å²) in [5.74, 6) is 1.71. The minimum Gasteiger partial charge on any atom is -0.394 e. The lowest BCUT2D eigenvalue weighted by molar-refractivity contribution is 0.125. The third-order valence-corrected chi connectivity index (χ3v) is 4.57. The largest absolute Gasteiger partial charge is 0.394 e. The first-order valence-electron chi connectivity index (χ1n) is 7.03. The second-order valence-electron chi connectivity index (χ2n) is 6.12. The van der Waals surface area contributed by atoms with Crippen LogP contribution in [0.25, 0.3) is 0 Å². The zero-order chi connectivity index (χ0) is 12.9. The van der Waals surface area contributed by atoms with Crippen molar-refractivity contribution in [2.45, 2.75) is 45.6 Å². The van der Waals surface area contributed by atoms with Gasteiger partial charge in [-0.15, -0.1) is 0 Å². The Hall–Kier alpha value is -0.120. The predicted octanol–water partition coefficient (Wildman–Crippen LogP) is 1.71. The Balaban J connectivity index is 2.23. The van der Waals surface area contributed by atoms with E-state index in [1.54, 1.807) is 0 Å². The Labute approximate surface area is 107 Å². The van der Waals surface area contributed by atoms with Gasteiger partial charge < -0.3 is 15.3 Å². The molecule has 0 aromatic carbocycles. The van der Waals surface area contributed by atoms with E-state index in [-0.39, 0.29) is 12.1 Å². The molecule has 17 heavy (non-hydrogen) atoms. The molecule has 1 aliphatic heterocycles. The lowest BCUT2D eigenvalue weighted by atomic mass is 9.88. The quantitative estimate of drug-likeness (QED) is 0.744. The second-order valence-corrected chi connectivity index (χ2v) is 6.12. The van der Waals surface area contributed by atoms with Crippen LogP contribution in [0.1, 0.15) is 40.0 Å². The molecule has 1 fully saturated rings. The van der Waals surface area contributed by atoms with Crippen molar-refractivity contribution in [1.82, 2.24) is 10.2 Å². The molecule has 102 valence electrons. The van der Waals surface area contributed by atoms with Gasteiger partial charge in [0.2, 0.25) is 0 Å². The van der Waals surface area contributed by atoms with Gasteiger partial charge in [-0.1, -0.05) is 13.8 Å². The van der Waals surface area contributed by atoms with E-state index in [1.807, 2.05) is 7.05 Å². The van der Waals surface area contributed by atoms with Crippen LogP contribution in [-0.4, -0.2) is 48.8 Å². The number of aliphatic hydroxyl groups is 1. The average Bonchev–Trinajstić information content (AvgIpc) is 2.33. The molecule has 3 atom stereocenters. The number of hydrogen-bond acceptors (Lipinski definition) is 3. The molecule has 3 unspecified atom stereocenters. The van der Waals surface area contributed by atoms with E-state index in [0.717, 1.165) is 18.3 Å². The van der Waals surface area contributed by atoms with Gasteiger partial charge in [0.05, 0.1) is 6.61 Å². The molecule has 0 aliphatic carbocycles. The maximum atomic E-state index is 9.32. The smallest absolute Gasteiger partial charge is 0.0610 e. The number of likely N-dealkylation sites (N-methyl/N-ethyl adjacent to an activating group) is 1. The number of nitrogens with zero attached hydrogens (tertiary/aromatic N) is 1. The summed E-state index contributed by atoms with van der Waals surface area (Å²) in [4.78, 5) is 2.58. The molecule has 3 nitrogen and oxygen atoms in total. The van der Waals surface area contributed by atoms with Crippen LogP contribution < -0.4 is 5.32 Å². The number of nitrogens with one attached hydrogen (secondary N) is 1. The molecule has 0 aromatic heterocycles. The van der Waals surface area contributed by atoms with Gasteiger partial charge in [-0.3, -0.25) is 0 Å². The SMILES string of the molecule is CNC(C)(CO)CCCN1CCC(C)C(C)C1. The molecule has 3 heteroatoms. The fourth-order valence-corrected chi connectivity index (χ4v) is 2.53. The van der Waals surface area contributed by atoms with Crippen LogP contribution in [0, 0.1) is 11.8 Å². The number of likely N-dealkylation sites (tertiary alicyclic amines) is 1. The summed E-state index contributed by atoms with van der Waals surface area (Å²) in [5, 5.41) is 12.5. The van der Waals surface area contributed by atoms with Crippen molar-refractivity contribution >= 4 is 0 Å². The molecular weight excluding hydrogens is 212 g/mol. The molecule has 0 saturated carbocycles. The van der Waals surface area contributed by atoms with Crippen LogP contribution in [0.3, 0.4) is 0 Å². The maximum absolute atomic E-state index is 9.32. The van der Waals surface area contributed by atoms with E-state index < -0.39 is 0 Å².